The van der Waals surface area contributed by atoms with Crippen LogP contribution in [0.3, 0.4) is 0 Å². The minimum absolute atomic E-state index is 0.0404. The van der Waals surface area contributed by atoms with Crippen molar-refractivity contribution in [1.29, 1.82) is 0 Å². The maximum absolute atomic E-state index is 12.9. The summed E-state index contributed by atoms with van der Waals surface area (Å²) >= 11 is 1.52. The Kier molecular flexibility index (Phi) is 6.93. The molecule has 0 saturated carbocycles. The second-order valence-electron chi connectivity index (χ2n) is 6.91. The first-order valence-corrected chi connectivity index (χ1v) is 10.4. The van der Waals surface area contributed by atoms with Crippen molar-refractivity contribution in [1.82, 2.24) is 15.0 Å². The maximum Gasteiger partial charge on any atom is 0.254 e. The van der Waals surface area contributed by atoms with Gasteiger partial charge in [0.25, 0.3) is 5.91 Å². The second kappa shape index (κ2) is 9.60. The number of thioether (sulfide) groups is 1. The van der Waals surface area contributed by atoms with Crippen molar-refractivity contribution in [2.45, 2.75) is 31.4 Å². The van der Waals surface area contributed by atoms with Gasteiger partial charge in [-0.2, -0.15) is 4.98 Å². The van der Waals surface area contributed by atoms with Gasteiger partial charge in [-0.1, -0.05) is 23.4 Å². The first-order valence-electron chi connectivity index (χ1n) is 9.40. The highest BCUT2D eigenvalue weighted by atomic mass is 32.2. The van der Waals surface area contributed by atoms with Crippen molar-refractivity contribution in [3.8, 4) is 5.75 Å². The van der Waals surface area contributed by atoms with E-state index in [1.54, 1.807) is 18.9 Å². The van der Waals surface area contributed by atoms with E-state index in [0.717, 1.165) is 21.8 Å². The molecule has 0 fully saturated rings. The molecule has 0 aliphatic carbocycles. The average Bonchev–Trinajstić information content (AvgIpc) is 3.10. The highest BCUT2D eigenvalue weighted by Gasteiger charge is 2.16. The van der Waals surface area contributed by atoms with Crippen molar-refractivity contribution in [3.05, 3.63) is 70.9 Å². The van der Waals surface area contributed by atoms with E-state index in [4.69, 9.17) is 9.26 Å². The van der Waals surface area contributed by atoms with Crippen LogP contribution in [0.4, 0.5) is 0 Å². The molecule has 6 nitrogen and oxygen atoms in total. The molecular formula is C22H25N3O3S. The minimum atomic E-state index is -0.0404. The van der Waals surface area contributed by atoms with E-state index in [-0.39, 0.29) is 5.91 Å². The van der Waals surface area contributed by atoms with Crippen LogP contribution in [-0.4, -0.2) is 41.1 Å². The number of amides is 1. The number of nitrogens with zero attached hydrogens (tertiary/aromatic N) is 3. The number of ether oxygens (including phenoxy) is 1. The SMILES string of the molecule is Cc1cc(C)cc(OCCN(C)C(=O)c2ccccc2SCc2noc(C)n2)c1. The van der Waals surface area contributed by atoms with Gasteiger partial charge in [-0.3, -0.25) is 4.79 Å². The largest absolute Gasteiger partial charge is 0.492 e. The summed E-state index contributed by atoms with van der Waals surface area (Å²) in [7, 11) is 1.79. The molecule has 0 unspecified atom stereocenters. The zero-order chi connectivity index (χ0) is 20.8. The Hall–Kier alpha value is -2.80. The van der Waals surface area contributed by atoms with Crippen molar-refractivity contribution in [2.24, 2.45) is 0 Å². The molecule has 7 heteroatoms. The molecule has 29 heavy (non-hydrogen) atoms. The topological polar surface area (TPSA) is 68.5 Å². The van der Waals surface area contributed by atoms with E-state index in [2.05, 4.69) is 16.2 Å². The number of benzene rings is 2. The summed E-state index contributed by atoms with van der Waals surface area (Å²) < 4.78 is 10.8. The Bertz CT molecular complexity index is 967. The molecule has 152 valence electrons. The number of aryl methyl sites for hydroxylation is 3. The van der Waals surface area contributed by atoms with Gasteiger partial charge in [0.1, 0.15) is 12.4 Å². The van der Waals surface area contributed by atoms with E-state index in [1.807, 2.05) is 50.2 Å². The fourth-order valence-electron chi connectivity index (χ4n) is 2.94. The smallest absolute Gasteiger partial charge is 0.254 e. The predicted molar refractivity (Wildman–Crippen MR) is 113 cm³/mol. The molecule has 3 aromatic rings. The fraction of sp³-hybridized carbons (Fsp3) is 0.318. The van der Waals surface area contributed by atoms with Crippen molar-refractivity contribution >= 4 is 17.7 Å². The lowest BCUT2D eigenvalue weighted by atomic mass is 10.1. The molecular weight excluding hydrogens is 386 g/mol. The Labute approximate surface area is 175 Å². The maximum atomic E-state index is 12.9. The number of hydrogen-bond donors (Lipinski definition) is 0. The molecule has 0 aliphatic rings. The van der Waals surface area contributed by atoms with E-state index >= 15 is 0 Å². The molecule has 0 aliphatic heterocycles. The van der Waals surface area contributed by atoms with E-state index < -0.39 is 0 Å². The summed E-state index contributed by atoms with van der Waals surface area (Å²) in [4.78, 5) is 19.7. The zero-order valence-electron chi connectivity index (χ0n) is 17.1. The number of carbonyl (C=O) groups is 1. The molecule has 1 amide bonds. The number of aromatic nitrogens is 2. The highest BCUT2D eigenvalue weighted by Crippen LogP contribution is 2.26. The fourth-order valence-corrected chi connectivity index (χ4v) is 3.82. The van der Waals surface area contributed by atoms with E-state index in [9.17, 15) is 4.79 Å². The number of rotatable bonds is 8. The van der Waals surface area contributed by atoms with Gasteiger partial charge in [-0.15, -0.1) is 11.8 Å². The third-order valence-corrected chi connectivity index (χ3v) is 5.35. The summed E-state index contributed by atoms with van der Waals surface area (Å²) in [5.41, 5.74) is 2.98. The highest BCUT2D eigenvalue weighted by molar-refractivity contribution is 7.98. The molecule has 0 N–H and O–H groups in total. The summed E-state index contributed by atoms with van der Waals surface area (Å²) in [6, 6.07) is 13.7. The van der Waals surface area contributed by atoms with Gasteiger partial charge >= 0.3 is 0 Å². The first kappa shape index (κ1) is 20.9. The van der Waals surface area contributed by atoms with Crippen molar-refractivity contribution in [3.63, 3.8) is 0 Å². The quantitative estimate of drug-likeness (QED) is 0.511. The normalized spacial score (nSPS) is 10.8. The van der Waals surface area contributed by atoms with Crippen LogP contribution in [-0.2, 0) is 5.75 Å². The zero-order valence-corrected chi connectivity index (χ0v) is 18.0. The van der Waals surface area contributed by atoms with Gasteiger partial charge in [0.15, 0.2) is 5.82 Å². The van der Waals surface area contributed by atoms with Crippen molar-refractivity contribution in [2.75, 3.05) is 20.2 Å². The van der Waals surface area contributed by atoms with Crippen LogP contribution in [0.5, 0.6) is 5.75 Å². The van der Waals surface area contributed by atoms with Crippen LogP contribution in [0, 0.1) is 20.8 Å². The first-order chi connectivity index (χ1) is 13.9. The third kappa shape index (κ3) is 5.84. The van der Waals surface area contributed by atoms with Gasteiger partial charge in [-0.25, -0.2) is 0 Å². The minimum Gasteiger partial charge on any atom is -0.492 e. The Balaban J connectivity index is 1.58. The van der Waals surface area contributed by atoms with Crippen LogP contribution >= 0.6 is 11.8 Å². The lowest BCUT2D eigenvalue weighted by Gasteiger charge is -2.19. The lowest BCUT2D eigenvalue weighted by Crippen LogP contribution is -2.31. The van der Waals surface area contributed by atoms with Gasteiger partial charge in [0.05, 0.1) is 17.9 Å². The second-order valence-corrected chi connectivity index (χ2v) is 7.93. The van der Waals surface area contributed by atoms with Crippen molar-refractivity contribution < 1.29 is 14.1 Å². The molecule has 1 aromatic heterocycles. The molecule has 1 heterocycles. The molecule has 0 spiro atoms. The van der Waals surface area contributed by atoms with E-state index in [0.29, 0.717) is 36.2 Å². The molecule has 0 radical (unpaired) electrons. The number of hydrogen-bond acceptors (Lipinski definition) is 6. The average molecular weight is 412 g/mol. The number of likely N-dealkylation sites (N-methyl/N-ethyl adjacent to an activating group) is 1. The van der Waals surface area contributed by atoms with Crippen LogP contribution in [0.25, 0.3) is 0 Å². The van der Waals surface area contributed by atoms with Gasteiger partial charge < -0.3 is 14.2 Å². The molecule has 0 atom stereocenters. The Morgan fingerprint density at radius 2 is 1.86 bits per heavy atom. The lowest BCUT2D eigenvalue weighted by molar-refractivity contribution is 0.0770. The Morgan fingerprint density at radius 3 is 2.55 bits per heavy atom. The summed E-state index contributed by atoms with van der Waals surface area (Å²) in [6.45, 7) is 6.77. The van der Waals surface area contributed by atoms with E-state index in [1.165, 1.54) is 11.8 Å². The van der Waals surface area contributed by atoms with Gasteiger partial charge in [-0.05, 0) is 49.2 Å². The van der Waals surface area contributed by atoms with Gasteiger partial charge in [0.2, 0.25) is 5.89 Å². The Morgan fingerprint density at radius 1 is 1.14 bits per heavy atom. The monoisotopic (exact) mass is 411 g/mol. The van der Waals surface area contributed by atoms with Gasteiger partial charge in [0, 0.05) is 18.9 Å². The van der Waals surface area contributed by atoms with Crippen LogP contribution in [0.15, 0.2) is 51.9 Å². The molecule has 0 saturated heterocycles. The summed E-state index contributed by atoms with van der Waals surface area (Å²) in [6.07, 6.45) is 0. The number of carbonyl (C=O) groups excluding carboxylic acids is 1. The van der Waals surface area contributed by atoms with Crippen LogP contribution < -0.4 is 4.74 Å². The predicted octanol–water partition coefficient (Wildman–Crippen LogP) is 4.44. The summed E-state index contributed by atoms with van der Waals surface area (Å²) in [5.74, 6) is 2.48. The third-order valence-electron chi connectivity index (χ3n) is 4.28. The molecule has 3 rings (SSSR count). The van der Waals surface area contributed by atoms with Crippen LogP contribution in [0.2, 0.25) is 0 Å². The molecule has 2 aromatic carbocycles. The standard InChI is InChI=1S/C22H25N3O3S/c1-15-11-16(2)13-18(12-15)27-10-9-25(4)22(26)19-7-5-6-8-20(19)29-14-21-23-17(3)28-24-21/h5-8,11-13H,9-10,14H2,1-4H3. The summed E-state index contributed by atoms with van der Waals surface area (Å²) in [5, 5.41) is 3.90. The van der Waals surface area contributed by atoms with Crippen LogP contribution in [0.1, 0.15) is 33.2 Å². The molecule has 0 bridgehead atoms.